The van der Waals surface area contributed by atoms with Gasteiger partial charge in [-0.3, -0.25) is 14.7 Å². The molecular formula is C11H16N2O. The van der Waals surface area contributed by atoms with E-state index in [0.29, 0.717) is 6.42 Å². The molecule has 0 aliphatic carbocycles. The number of piperidine rings is 1. The zero-order valence-electron chi connectivity index (χ0n) is 9.00. The molecule has 0 bridgehead atoms. The number of allylic oxidation sites excluding steroid dienone is 1. The molecule has 3 nitrogen and oxygen atoms in total. The third kappa shape index (κ3) is 1.27. The van der Waals surface area contributed by atoms with Crippen LogP contribution < -0.4 is 0 Å². The van der Waals surface area contributed by atoms with E-state index in [2.05, 4.69) is 18.8 Å². The maximum Gasteiger partial charge on any atom is 0.232 e. The molecule has 0 aromatic rings. The Morgan fingerprint density at radius 2 is 2.07 bits per heavy atom. The highest BCUT2D eigenvalue weighted by atomic mass is 16.2. The van der Waals surface area contributed by atoms with E-state index in [0.717, 1.165) is 18.7 Å². The zero-order valence-corrected chi connectivity index (χ0v) is 9.00. The summed E-state index contributed by atoms with van der Waals surface area (Å²) in [5, 5.41) is 0. The molecule has 0 N–H and O–H groups in total. The molecule has 0 spiro atoms. The zero-order chi connectivity index (χ0) is 10.3. The van der Waals surface area contributed by atoms with Crippen LogP contribution in [0, 0.1) is 0 Å². The van der Waals surface area contributed by atoms with E-state index in [-0.39, 0.29) is 11.9 Å². The van der Waals surface area contributed by atoms with Crippen molar-refractivity contribution in [1.29, 1.82) is 0 Å². The Morgan fingerprint density at radius 1 is 1.36 bits per heavy atom. The van der Waals surface area contributed by atoms with Crippen molar-refractivity contribution in [3.63, 3.8) is 0 Å². The largest absolute Gasteiger partial charge is 0.274 e. The summed E-state index contributed by atoms with van der Waals surface area (Å²) < 4.78 is 0. The van der Waals surface area contributed by atoms with Crippen molar-refractivity contribution < 1.29 is 4.79 Å². The summed E-state index contributed by atoms with van der Waals surface area (Å²) in [4.78, 5) is 18.0. The molecule has 1 saturated heterocycles. The van der Waals surface area contributed by atoms with Gasteiger partial charge in [-0.2, -0.15) is 0 Å². The summed E-state index contributed by atoms with van der Waals surface area (Å²) in [5.74, 6) is 1.07. The van der Waals surface area contributed by atoms with Crippen LogP contribution in [0.4, 0.5) is 0 Å². The SMILES string of the molecule is CC1=NC(C)C(C)=C2CCCC(=O)N12. The van der Waals surface area contributed by atoms with Gasteiger partial charge in [0, 0.05) is 12.1 Å². The summed E-state index contributed by atoms with van der Waals surface area (Å²) in [6.07, 6.45) is 2.68. The number of carbonyl (C=O) groups excluding carboxylic acids is 1. The van der Waals surface area contributed by atoms with Gasteiger partial charge in [-0.15, -0.1) is 0 Å². The number of fused-ring (bicyclic) bond motifs is 1. The molecule has 3 heteroatoms. The second kappa shape index (κ2) is 3.23. The average molecular weight is 192 g/mol. The molecule has 1 fully saturated rings. The average Bonchev–Trinajstić information content (AvgIpc) is 2.14. The van der Waals surface area contributed by atoms with E-state index in [1.807, 2.05) is 6.92 Å². The van der Waals surface area contributed by atoms with E-state index >= 15 is 0 Å². The summed E-state index contributed by atoms with van der Waals surface area (Å²) >= 11 is 0. The van der Waals surface area contributed by atoms with Gasteiger partial charge >= 0.3 is 0 Å². The third-order valence-electron chi connectivity index (χ3n) is 3.11. The number of nitrogens with zero attached hydrogens (tertiary/aromatic N) is 2. The second-order valence-electron chi connectivity index (χ2n) is 4.06. The van der Waals surface area contributed by atoms with Gasteiger partial charge in [-0.1, -0.05) is 0 Å². The Balaban J connectivity index is 2.43. The number of amidine groups is 1. The fourth-order valence-corrected chi connectivity index (χ4v) is 2.21. The maximum atomic E-state index is 11.7. The molecule has 0 radical (unpaired) electrons. The molecule has 2 aliphatic rings. The fourth-order valence-electron chi connectivity index (χ4n) is 2.21. The molecule has 1 amide bonds. The normalized spacial score (nSPS) is 27.6. The number of carbonyl (C=O) groups is 1. The molecule has 0 saturated carbocycles. The molecule has 1 unspecified atom stereocenters. The molecule has 76 valence electrons. The minimum absolute atomic E-state index is 0.207. The van der Waals surface area contributed by atoms with Gasteiger partial charge in [0.1, 0.15) is 5.84 Å². The highest BCUT2D eigenvalue weighted by Crippen LogP contribution is 2.30. The molecule has 2 aliphatic heterocycles. The van der Waals surface area contributed by atoms with Crippen LogP contribution in [-0.4, -0.2) is 22.7 Å². The minimum Gasteiger partial charge on any atom is -0.274 e. The van der Waals surface area contributed by atoms with Crippen molar-refractivity contribution in [2.24, 2.45) is 4.99 Å². The minimum atomic E-state index is 0.207. The first kappa shape index (κ1) is 9.44. The van der Waals surface area contributed by atoms with Crippen molar-refractivity contribution in [3.05, 3.63) is 11.3 Å². The third-order valence-corrected chi connectivity index (χ3v) is 3.11. The van der Waals surface area contributed by atoms with Crippen molar-refractivity contribution in [2.45, 2.75) is 46.1 Å². The van der Waals surface area contributed by atoms with Gasteiger partial charge < -0.3 is 0 Å². The van der Waals surface area contributed by atoms with Crippen molar-refractivity contribution in [2.75, 3.05) is 0 Å². The quantitative estimate of drug-likeness (QED) is 0.578. The van der Waals surface area contributed by atoms with Crippen LogP contribution in [0.2, 0.25) is 0 Å². The van der Waals surface area contributed by atoms with Gasteiger partial charge in [0.15, 0.2) is 0 Å². The predicted octanol–water partition coefficient (Wildman–Crippen LogP) is 2.09. The second-order valence-corrected chi connectivity index (χ2v) is 4.06. The number of aliphatic imine (C=N–C) groups is 1. The van der Waals surface area contributed by atoms with Crippen LogP contribution in [0.3, 0.4) is 0 Å². The first-order valence-electron chi connectivity index (χ1n) is 5.18. The fraction of sp³-hybridized carbons (Fsp3) is 0.636. The lowest BCUT2D eigenvalue weighted by molar-refractivity contribution is -0.127. The smallest absolute Gasteiger partial charge is 0.232 e. The molecule has 2 heterocycles. The van der Waals surface area contributed by atoms with E-state index in [1.54, 1.807) is 4.90 Å². The Morgan fingerprint density at radius 3 is 2.79 bits per heavy atom. The summed E-state index contributed by atoms with van der Waals surface area (Å²) in [5.41, 5.74) is 2.45. The van der Waals surface area contributed by atoms with Gasteiger partial charge in [-0.05, 0) is 39.2 Å². The predicted molar refractivity (Wildman–Crippen MR) is 56.0 cm³/mol. The molecule has 0 aromatic carbocycles. The van der Waals surface area contributed by atoms with Crippen LogP contribution in [0.25, 0.3) is 0 Å². The Hall–Kier alpha value is -1.12. The van der Waals surface area contributed by atoms with E-state index < -0.39 is 0 Å². The van der Waals surface area contributed by atoms with Gasteiger partial charge in [0.25, 0.3) is 0 Å². The Labute approximate surface area is 84.5 Å². The number of amides is 1. The highest BCUT2D eigenvalue weighted by molar-refractivity contribution is 6.00. The van der Waals surface area contributed by atoms with Crippen molar-refractivity contribution >= 4 is 11.7 Å². The highest BCUT2D eigenvalue weighted by Gasteiger charge is 2.30. The molecule has 2 rings (SSSR count). The van der Waals surface area contributed by atoms with Crippen LogP contribution in [0.1, 0.15) is 40.0 Å². The Bertz CT molecular complexity index is 341. The number of hydrogen-bond acceptors (Lipinski definition) is 2. The summed E-state index contributed by atoms with van der Waals surface area (Å²) in [6.45, 7) is 6.09. The molecule has 14 heavy (non-hydrogen) atoms. The van der Waals surface area contributed by atoms with E-state index in [1.165, 1.54) is 11.3 Å². The number of hydrogen-bond donors (Lipinski definition) is 0. The summed E-state index contributed by atoms with van der Waals surface area (Å²) in [7, 11) is 0. The van der Waals surface area contributed by atoms with Crippen LogP contribution in [-0.2, 0) is 4.79 Å². The molecule has 1 atom stereocenters. The van der Waals surface area contributed by atoms with E-state index in [9.17, 15) is 4.79 Å². The van der Waals surface area contributed by atoms with Crippen LogP contribution in [0.5, 0.6) is 0 Å². The van der Waals surface area contributed by atoms with Crippen LogP contribution in [0.15, 0.2) is 16.3 Å². The number of rotatable bonds is 0. The Kier molecular flexibility index (Phi) is 2.17. The topological polar surface area (TPSA) is 32.7 Å². The lowest BCUT2D eigenvalue weighted by atomic mass is 9.97. The van der Waals surface area contributed by atoms with Gasteiger partial charge in [0.2, 0.25) is 5.91 Å². The molecular weight excluding hydrogens is 176 g/mol. The maximum absolute atomic E-state index is 11.7. The van der Waals surface area contributed by atoms with Gasteiger partial charge in [0.05, 0.1) is 6.04 Å². The first-order valence-corrected chi connectivity index (χ1v) is 5.18. The monoisotopic (exact) mass is 192 g/mol. The standard InChI is InChI=1S/C11H16N2O/c1-7-8(2)12-9(3)13-10(7)5-4-6-11(13)14/h8H,4-6H2,1-3H3. The van der Waals surface area contributed by atoms with Crippen molar-refractivity contribution in [1.82, 2.24) is 4.90 Å². The van der Waals surface area contributed by atoms with Gasteiger partial charge in [-0.25, -0.2) is 0 Å². The lowest BCUT2D eigenvalue weighted by Crippen LogP contribution is -2.41. The molecule has 0 aromatic heterocycles. The lowest BCUT2D eigenvalue weighted by Gasteiger charge is -2.35. The summed E-state index contributed by atoms with van der Waals surface area (Å²) in [6, 6.07) is 0.243. The first-order chi connectivity index (χ1) is 6.61. The van der Waals surface area contributed by atoms with Crippen LogP contribution >= 0.6 is 0 Å². The van der Waals surface area contributed by atoms with E-state index in [4.69, 9.17) is 0 Å². The van der Waals surface area contributed by atoms with Crippen molar-refractivity contribution in [3.8, 4) is 0 Å².